The van der Waals surface area contributed by atoms with Gasteiger partial charge < -0.3 is 15.4 Å². The molecule has 1 aromatic heterocycles. The number of aromatic nitrogens is 1. The topological polar surface area (TPSA) is 92.0 Å². The Kier molecular flexibility index (Phi) is 4.16. The van der Waals surface area contributed by atoms with Crippen molar-refractivity contribution < 1.29 is 9.90 Å². The number of carbonyl (C=O) groups excluding carboxylic acids is 1. The predicted molar refractivity (Wildman–Crippen MR) is 94.9 cm³/mol. The highest BCUT2D eigenvalue weighted by Gasteiger charge is 2.15. The average molecular weight is 329 g/mol. The number of hydrogen-bond acceptors (Lipinski definition) is 3. The molecular formula is C20H15N3O2. The maximum absolute atomic E-state index is 11.1. The maximum atomic E-state index is 11.1. The number of primary amides is 1. The monoisotopic (exact) mass is 329 g/mol. The smallest absolute Gasteiger partial charge is 0.248 e. The van der Waals surface area contributed by atoms with E-state index in [1.165, 1.54) is 0 Å². The van der Waals surface area contributed by atoms with Crippen LogP contribution in [0.25, 0.3) is 10.9 Å². The zero-order valence-electron chi connectivity index (χ0n) is 13.6. The van der Waals surface area contributed by atoms with Crippen LogP contribution < -0.4 is 5.73 Å². The van der Waals surface area contributed by atoms with Crippen molar-refractivity contribution in [3.05, 3.63) is 64.8 Å². The molecule has 5 heteroatoms. The molecule has 1 amide bonds. The van der Waals surface area contributed by atoms with Gasteiger partial charge in [-0.15, -0.1) is 0 Å². The van der Waals surface area contributed by atoms with Crippen LogP contribution in [-0.2, 0) is 6.54 Å². The van der Waals surface area contributed by atoms with E-state index in [9.17, 15) is 15.2 Å². The number of rotatable bonds is 2. The van der Waals surface area contributed by atoms with Crippen LogP contribution in [0.5, 0.6) is 5.75 Å². The van der Waals surface area contributed by atoms with Crippen molar-refractivity contribution in [1.82, 2.24) is 4.57 Å². The zero-order valence-corrected chi connectivity index (χ0v) is 13.6. The summed E-state index contributed by atoms with van der Waals surface area (Å²) >= 11 is 0. The summed E-state index contributed by atoms with van der Waals surface area (Å²) in [5, 5.41) is 20.0. The van der Waals surface area contributed by atoms with Gasteiger partial charge in [-0.2, -0.15) is 5.26 Å². The Bertz CT molecular complexity index is 1070. The van der Waals surface area contributed by atoms with E-state index < -0.39 is 5.91 Å². The van der Waals surface area contributed by atoms with Crippen LogP contribution in [0.1, 0.15) is 34.1 Å². The Morgan fingerprint density at radius 1 is 1.20 bits per heavy atom. The minimum Gasteiger partial charge on any atom is -0.508 e. The number of fused-ring (bicyclic) bond motifs is 1. The molecule has 0 unspecified atom stereocenters. The van der Waals surface area contributed by atoms with Gasteiger partial charge in [0.05, 0.1) is 11.1 Å². The molecular weight excluding hydrogens is 314 g/mol. The first kappa shape index (κ1) is 16.2. The van der Waals surface area contributed by atoms with E-state index in [4.69, 9.17) is 5.73 Å². The number of nitrogens with zero attached hydrogens (tertiary/aromatic N) is 2. The van der Waals surface area contributed by atoms with Crippen molar-refractivity contribution in [1.29, 1.82) is 5.26 Å². The van der Waals surface area contributed by atoms with Gasteiger partial charge in [-0.1, -0.05) is 5.92 Å². The lowest BCUT2D eigenvalue weighted by Gasteiger charge is -2.03. The van der Waals surface area contributed by atoms with E-state index in [-0.39, 0.29) is 5.75 Å². The molecule has 0 bridgehead atoms. The number of carbonyl (C=O) groups is 1. The summed E-state index contributed by atoms with van der Waals surface area (Å²) < 4.78 is 1.90. The molecule has 0 fully saturated rings. The Labute approximate surface area is 144 Å². The Morgan fingerprint density at radius 3 is 2.52 bits per heavy atom. The molecule has 3 aromatic rings. The van der Waals surface area contributed by atoms with Crippen molar-refractivity contribution in [3.63, 3.8) is 0 Å². The van der Waals surface area contributed by atoms with Gasteiger partial charge in [0.15, 0.2) is 0 Å². The first-order chi connectivity index (χ1) is 12.0. The highest BCUT2D eigenvalue weighted by atomic mass is 16.3. The number of aromatic hydroxyl groups is 1. The molecule has 122 valence electrons. The van der Waals surface area contributed by atoms with Crippen molar-refractivity contribution in [2.45, 2.75) is 13.5 Å². The van der Waals surface area contributed by atoms with Crippen LogP contribution in [-0.4, -0.2) is 15.6 Å². The third-order valence-electron chi connectivity index (χ3n) is 3.97. The Morgan fingerprint density at radius 2 is 1.92 bits per heavy atom. The molecule has 2 aromatic carbocycles. The molecule has 0 atom stereocenters. The van der Waals surface area contributed by atoms with Crippen molar-refractivity contribution in [2.24, 2.45) is 5.73 Å². The molecule has 0 aliphatic carbocycles. The van der Waals surface area contributed by atoms with E-state index in [0.29, 0.717) is 28.9 Å². The second kappa shape index (κ2) is 6.43. The number of hydrogen-bond donors (Lipinski definition) is 2. The zero-order chi connectivity index (χ0) is 18.0. The third kappa shape index (κ3) is 2.91. The fraction of sp³-hybridized carbons (Fsp3) is 0.100. The molecule has 0 saturated heterocycles. The van der Waals surface area contributed by atoms with Crippen LogP contribution >= 0.6 is 0 Å². The first-order valence-electron chi connectivity index (χ1n) is 7.72. The molecule has 5 nitrogen and oxygen atoms in total. The molecule has 1 heterocycles. The second-order valence-corrected chi connectivity index (χ2v) is 5.47. The summed E-state index contributed by atoms with van der Waals surface area (Å²) in [6.45, 7) is 2.57. The maximum Gasteiger partial charge on any atom is 0.248 e. The van der Waals surface area contributed by atoms with Gasteiger partial charge in [0.2, 0.25) is 5.91 Å². The third-order valence-corrected chi connectivity index (χ3v) is 3.97. The average Bonchev–Trinajstić information content (AvgIpc) is 2.91. The van der Waals surface area contributed by atoms with Gasteiger partial charge >= 0.3 is 0 Å². The summed E-state index contributed by atoms with van der Waals surface area (Å²) in [6, 6.07) is 13.8. The summed E-state index contributed by atoms with van der Waals surface area (Å²) in [5.74, 6) is 5.72. The summed E-state index contributed by atoms with van der Waals surface area (Å²) in [4.78, 5) is 11.1. The number of aryl methyl sites for hydroxylation is 1. The van der Waals surface area contributed by atoms with Crippen LogP contribution in [0.4, 0.5) is 0 Å². The van der Waals surface area contributed by atoms with Gasteiger partial charge in [0.25, 0.3) is 0 Å². The molecule has 25 heavy (non-hydrogen) atoms. The second-order valence-electron chi connectivity index (χ2n) is 5.47. The Hall–Kier alpha value is -3.70. The van der Waals surface area contributed by atoms with Crippen LogP contribution in [0.2, 0.25) is 0 Å². The lowest BCUT2D eigenvalue weighted by Crippen LogP contribution is -2.10. The molecule has 3 N–H and O–H groups in total. The molecule has 0 aliphatic rings. The largest absolute Gasteiger partial charge is 0.508 e. The summed E-state index contributed by atoms with van der Waals surface area (Å²) in [5.41, 5.74) is 8.21. The fourth-order valence-corrected chi connectivity index (χ4v) is 2.76. The number of amides is 1. The van der Waals surface area contributed by atoms with Crippen LogP contribution in [0.3, 0.4) is 0 Å². The number of nitriles is 1. The SMILES string of the molecule is CCn1c(C#Cc2ccc(C(N)=O)cc2)c(C#N)c2ccc(O)cc21. The number of benzene rings is 2. The van der Waals surface area contributed by atoms with E-state index in [2.05, 4.69) is 17.9 Å². The quantitative estimate of drug-likeness (QED) is 0.708. The fourth-order valence-electron chi connectivity index (χ4n) is 2.76. The van der Waals surface area contributed by atoms with Gasteiger partial charge in [0.1, 0.15) is 17.5 Å². The van der Waals surface area contributed by atoms with Crippen molar-refractivity contribution >= 4 is 16.8 Å². The highest BCUT2D eigenvalue weighted by molar-refractivity contribution is 5.93. The normalized spacial score (nSPS) is 10.1. The first-order valence-corrected chi connectivity index (χ1v) is 7.72. The van der Waals surface area contributed by atoms with Crippen LogP contribution in [0.15, 0.2) is 42.5 Å². The molecule has 0 aliphatic heterocycles. The number of phenolic OH excluding ortho intramolecular Hbond substituents is 1. The standard InChI is InChI=1S/C20H15N3O2/c1-2-23-18(10-5-13-3-6-14(7-4-13)20(22)25)17(12-21)16-9-8-15(24)11-19(16)23/h3-4,6-9,11,24H,2H2,1H3,(H2,22,25). The van der Waals surface area contributed by atoms with Gasteiger partial charge in [-0.05, 0) is 49.2 Å². The molecule has 0 saturated carbocycles. The minimum absolute atomic E-state index is 0.144. The van der Waals surface area contributed by atoms with E-state index >= 15 is 0 Å². The highest BCUT2D eigenvalue weighted by Crippen LogP contribution is 2.28. The van der Waals surface area contributed by atoms with E-state index in [1.54, 1.807) is 42.5 Å². The lowest BCUT2D eigenvalue weighted by atomic mass is 10.1. The van der Waals surface area contributed by atoms with Gasteiger partial charge in [-0.3, -0.25) is 4.79 Å². The van der Waals surface area contributed by atoms with Crippen molar-refractivity contribution in [2.75, 3.05) is 0 Å². The van der Waals surface area contributed by atoms with E-state index in [0.717, 1.165) is 10.9 Å². The van der Waals surface area contributed by atoms with Crippen molar-refractivity contribution in [3.8, 4) is 23.7 Å². The molecule has 0 radical (unpaired) electrons. The van der Waals surface area contributed by atoms with Gasteiger partial charge in [-0.25, -0.2) is 0 Å². The summed E-state index contributed by atoms with van der Waals surface area (Å²) in [7, 11) is 0. The minimum atomic E-state index is -0.489. The molecule has 0 spiro atoms. The lowest BCUT2D eigenvalue weighted by molar-refractivity contribution is 0.100. The van der Waals surface area contributed by atoms with E-state index in [1.807, 2.05) is 11.5 Å². The molecule has 3 rings (SSSR count). The van der Waals surface area contributed by atoms with Gasteiger partial charge in [0, 0.05) is 29.1 Å². The number of phenols is 1. The Balaban J connectivity index is 2.13. The predicted octanol–water partition coefficient (Wildman–Crippen LogP) is 2.74. The number of nitrogens with two attached hydrogens (primary N) is 1. The summed E-state index contributed by atoms with van der Waals surface area (Å²) in [6.07, 6.45) is 0. The van der Waals surface area contributed by atoms with Crippen LogP contribution in [0, 0.1) is 23.2 Å².